The van der Waals surface area contributed by atoms with Gasteiger partial charge in [-0.15, -0.1) is 0 Å². The largest absolute Gasteiger partial charge is 0.340 e. The highest BCUT2D eigenvalue weighted by Gasteiger charge is 2.34. The smallest absolute Gasteiger partial charge is 0.242 e. The van der Waals surface area contributed by atoms with Crippen molar-refractivity contribution in [2.24, 2.45) is 0 Å². The van der Waals surface area contributed by atoms with Crippen LogP contribution in [-0.2, 0) is 23.2 Å². The van der Waals surface area contributed by atoms with Crippen LogP contribution in [0, 0.1) is 0 Å². The summed E-state index contributed by atoms with van der Waals surface area (Å²) in [6.07, 6.45) is 6.71. The molecular formula is C19H25N3O. The lowest BCUT2D eigenvalue weighted by Gasteiger charge is -2.41. The lowest BCUT2D eigenvalue weighted by Crippen LogP contribution is -2.48. The molecular weight excluding hydrogens is 286 g/mol. The van der Waals surface area contributed by atoms with E-state index >= 15 is 0 Å². The molecule has 0 saturated carbocycles. The van der Waals surface area contributed by atoms with Crippen LogP contribution >= 0.6 is 0 Å². The van der Waals surface area contributed by atoms with Crippen molar-refractivity contribution in [3.05, 3.63) is 54.1 Å². The number of carbonyl (C=O) groups excluding carboxylic acids is 1. The minimum atomic E-state index is 0.0533. The first-order valence-corrected chi connectivity index (χ1v) is 8.46. The van der Waals surface area contributed by atoms with Gasteiger partial charge >= 0.3 is 0 Å². The number of benzene rings is 1. The molecule has 3 rings (SSSR count). The molecule has 23 heavy (non-hydrogen) atoms. The van der Waals surface area contributed by atoms with E-state index < -0.39 is 0 Å². The van der Waals surface area contributed by atoms with Crippen LogP contribution < -0.4 is 0 Å². The van der Waals surface area contributed by atoms with E-state index in [-0.39, 0.29) is 11.3 Å². The van der Waals surface area contributed by atoms with Gasteiger partial charge in [0.1, 0.15) is 12.4 Å². The van der Waals surface area contributed by atoms with Gasteiger partial charge in [-0.25, -0.2) is 4.98 Å². The van der Waals surface area contributed by atoms with Gasteiger partial charge in [0, 0.05) is 37.3 Å². The van der Waals surface area contributed by atoms with E-state index in [0.29, 0.717) is 6.54 Å². The van der Waals surface area contributed by atoms with Crippen molar-refractivity contribution >= 4 is 5.91 Å². The SMILES string of the molecule is CCc1nccn1CC(=O)N1CCC[C@@](C)(c2ccccc2)C1. The topological polar surface area (TPSA) is 38.1 Å². The minimum absolute atomic E-state index is 0.0533. The van der Waals surface area contributed by atoms with Crippen molar-refractivity contribution in [1.82, 2.24) is 14.5 Å². The van der Waals surface area contributed by atoms with E-state index in [2.05, 4.69) is 43.1 Å². The molecule has 0 N–H and O–H groups in total. The fraction of sp³-hybridized carbons (Fsp3) is 0.474. The number of imidazole rings is 1. The maximum Gasteiger partial charge on any atom is 0.242 e. The third kappa shape index (κ3) is 3.31. The maximum absolute atomic E-state index is 12.7. The average molecular weight is 311 g/mol. The van der Waals surface area contributed by atoms with Crippen molar-refractivity contribution < 1.29 is 4.79 Å². The number of rotatable bonds is 4. The lowest BCUT2D eigenvalue weighted by molar-refractivity contribution is -0.134. The molecule has 1 atom stereocenters. The third-order valence-electron chi connectivity index (χ3n) is 4.94. The van der Waals surface area contributed by atoms with Gasteiger partial charge in [-0.3, -0.25) is 4.79 Å². The number of aryl methyl sites for hydroxylation is 1. The predicted octanol–water partition coefficient (Wildman–Crippen LogP) is 3.03. The van der Waals surface area contributed by atoms with E-state index in [4.69, 9.17) is 0 Å². The Bertz CT molecular complexity index is 664. The second kappa shape index (κ2) is 6.57. The Kier molecular flexibility index (Phi) is 4.51. The quantitative estimate of drug-likeness (QED) is 0.870. The number of amides is 1. The lowest BCUT2D eigenvalue weighted by atomic mass is 9.76. The van der Waals surface area contributed by atoms with Crippen LogP contribution in [0.25, 0.3) is 0 Å². The molecule has 0 spiro atoms. The Morgan fingerprint density at radius 1 is 1.30 bits per heavy atom. The van der Waals surface area contributed by atoms with Crippen molar-refractivity contribution in [3.63, 3.8) is 0 Å². The minimum Gasteiger partial charge on any atom is -0.340 e. The normalized spacial score (nSPS) is 21.4. The molecule has 0 radical (unpaired) electrons. The van der Waals surface area contributed by atoms with Crippen LogP contribution in [0.15, 0.2) is 42.7 Å². The number of hydrogen-bond donors (Lipinski definition) is 0. The van der Waals surface area contributed by atoms with Gasteiger partial charge in [-0.2, -0.15) is 0 Å². The van der Waals surface area contributed by atoms with Crippen LogP contribution in [0.2, 0.25) is 0 Å². The van der Waals surface area contributed by atoms with E-state index in [1.807, 2.05) is 21.7 Å². The van der Waals surface area contributed by atoms with Crippen molar-refractivity contribution in [3.8, 4) is 0 Å². The van der Waals surface area contributed by atoms with Gasteiger partial charge in [-0.05, 0) is 18.4 Å². The van der Waals surface area contributed by atoms with Crippen molar-refractivity contribution in [2.75, 3.05) is 13.1 Å². The molecule has 1 aliphatic rings. The molecule has 122 valence electrons. The third-order valence-corrected chi connectivity index (χ3v) is 4.94. The molecule has 1 aromatic heterocycles. The maximum atomic E-state index is 12.7. The van der Waals surface area contributed by atoms with Crippen molar-refractivity contribution in [2.45, 2.75) is 45.1 Å². The summed E-state index contributed by atoms with van der Waals surface area (Å²) < 4.78 is 1.97. The predicted molar refractivity (Wildman–Crippen MR) is 91.2 cm³/mol. The Morgan fingerprint density at radius 3 is 2.83 bits per heavy atom. The summed E-state index contributed by atoms with van der Waals surface area (Å²) in [4.78, 5) is 19.1. The Morgan fingerprint density at radius 2 is 2.09 bits per heavy atom. The summed E-state index contributed by atoms with van der Waals surface area (Å²) in [7, 11) is 0. The van der Waals surface area contributed by atoms with Gasteiger partial charge in [0.2, 0.25) is 5.91 Å². The number of piperidine rings is 1. The molecule has 0 bridgehead atoms. The molecule has 1 aliphatic heterocycles. The number of carbonyl (C=O) groups is 1. The summed E-state index contributed by atoms with van der Waals surface area (Å²) in [6, 6.07) is 10.6. The number of nitrogens with zero attached hydrogens (tertiary/aromatic N) is 3. The summed E-state index contributed by atoms with van der Waals surface area (Å²) in [5, 5.41) is 0. The van der Waals surface area contributed by atoms with Gasteiger partial charge in [-0.1, -0.05) is 44.2 Å². The van der Waals surface area contributed by atoms with Gasteiger partial charge in [0.05, 0.1) is 0 Å². The standard InChI is InChI=1S/C19H25N3O/c1-3-17-20-11-13-21(17)14-18(23)22-12-7-10-19(2,15-22)16-8-5-4-6-9-16/h4-6,8-9,11,13H,3,7,10,12,14-15H2,1-2H3/t19-/m1/s1. The average Bonchev–Trinajstić information content (AvgIpc) is 3.03. The highest BCUT2D eigenvalue weighted by molar-refractivity contribution is 5.76. The fourth-order valence-electron chi connectivity index (χ4n) is 3.57. The second-order valence-corrected chi connectivity index (χ2v) is 6.67. The molecule has 1 saturated heterocycles. The van der Waals surface area contributed by atoms with Crippen LogP contribution in [0.4, 0.5) is 0 Å². The summed E-state index contributed by atoms with van der Waals surface area (Å²) in [5.41, 5.74) is 1.38. The van der Waals surface area contributed by atoms with Crippen molar-refractivity contribution in [1.29, 1.82) is 0 Å². The molecule has 2 aromatic rings. The zero-order valence-electron chi connectivity index (χ0n) is 14.0. The summed E-state index contributed by atoms with van der Waals surface area (Å²) >= 11 is 0. The van der Waals surface area contributed by atoms with E-state index in [0.717, 1.165) is 38.2 Å². The molecule has 4 heteroatoms. The molecule has 1 amide bonds. The molecule has 0 aliphatic carbocycles. The Hall–Kier alpha value is -2.10. The second-order valence-electron chi connectivity index (χ2n) is 6.67. The number of likely N-dealkylation sites (tertiary alicyclic amines) is 1. The van der Waals surface area contributed by atoms with Gasteiger partial charge < -0.3 is 9.47 Å². The first kappa shape index (κ1) is 15.8. The first-order valence-electron chi connectivity index (χ1n) is 8.46. The van der Waals surface area contributed by atoms with Gasteiger partial charge in [0.15, 0.2) is 0 Å². The summed E-state index contributed by atoms with van der Waals surface area (Å²) in [6.45, 7) is 6.39. The molecule has 0 unspecified atom stereocenters. The molecule has 4 nitrogen and oxygen atoms in total. The molecule has 1 fully saturated rings. The Balaban J connectivity index is 1.72. The van der Waals surface area contributed by atoms with Gasteiger partial charge in [0.25, 0.3) is 0 Å². The summed E-state index contributed by atoms with van der Waals surface area (Å²) in [5.74, 6) is 1.17. The highest BCUT2D eigenvalue weighted by Crippen LogP contribution is 2.33. The fourth-order valence-corrected chi connectivity index (χ4v) is 3.57. The molecule has 2 heterocycles. The highest BCUT2D eigenvalue weighted by atomic mass is 16.2. The monoisotopic (exact) mass is 311 g/mol. The number of hydrogen-bond acceptors (Lipinski definition) is 2. The molecule has 1 aromatic carbocycles. The van der Waals surface area contributed by atoms with E-state index in [1.54, 1.807) is 6.20 Å². The zero-order chi connectivity index (χ0) is 16.3. The number of aromatic nitrogens is 2. The zero-order valence-corrected chi connectivity index (χ0v) is 14.0. The van der Waals surface area contributed by atoms with Crippen LogP contribution in [-0.4, -0.2) is 33.4 Å². The van der Waals surface area contributed by atoms with Crippen LogP contribution in [0.5, 0.6) is 0 Å². The first-order chi connectivity index (χ1) is 11.1. The van der Waals surface area contributed by atoms with E-state index in [1.165, 1.54) is 5.56 Å². The Labute approximate surface area is 138 Å². The van der Waals surface area contributed by atoms with Crippen LogP contribution in [0.3, 0.4) is 0 Å². The van der Waals surface area contributed by atoms with Crippen LogP contribution in [0.1, 0.15) is 38.1 Å². The van der Waals surface area contributed by atoms with E-state index in [9.17, 15) is 4.79 Å².